The summed E-state index contributed by atoms with van der Waals surface area (Å²) < 4.78 is 37.7. The number of pyridine rings is 1. The highest BCUT2D eigenvalue weighted by atomic mass is 19.4. The fourth-order valence-electron chi connectivity index (χ4n) is 2.25. The van der Waals surface area contributed by atoms with E-state index in [4.69, 9.17) is 0 Å². The maximum Gasteiger partial charge on any atom is 0.433 e. The first kappa shape index (κ1) is 14.0. The fraction of sp³-hybridized carbons (Fsp3) is 0.615. The van der Waals surface area contributed by atoms with Crippen LogP contribution in [0.1, 0.15) is 45.0 Å². The Kier molecular flexibility index (Phi) is 4.17. The largest absolute Gasteiger partial charge is 0.433 e. The number of nitrogens with zero attached hydrogens (tertiary/aromatic N) is 1. The van der Waals surface area contributed by atoms with Gasteiger partial charge in [-0.15, -0.1) is 0 Å². The van der Waals surface area contributed by atoms with Gasteiger partial charge in [-0.3, -0.25) is 0 Å². The number of hydrogen-bond acceptors (Lipinski definition) is 1. The molecule has 0 unspecified atom stereocenters. The molecule has 0 amide bonds. The van der Waals surface area contributed by atoms with Gasteiger partial charge in [0, 0.05) is 11.6 Å². The molecular weight excluding hydrogens is 227 g/mol. The van der Waals surface area contributed by atoms with Crippen molar-refractivity contribution < 1.29 is 13.2 Å². The second kappa shape index (κ2) is 5.07. The minimum absolute atomic E-state index is 0.0531. The number of rotatable bonds is 3. The molecule has 1 rings (SSSR count). The minimum Gasteiger partial charge on any atom is -0.248 e. The first-order valence-corrected chi connectivity index (χ1v) is 5.77. The molecule has 0 saturated carbocycles. The molecule has 0 aromatic carbocycles. The summed E-state index contributed by atoms with van der Waals surface area (Å²) in [5, 5.41) is 0. The van der Waals surface area contributed by atoms with E-state index in [9.17, 15) is 13.2 Å². The number of hydrogen-bond donors (Lipinski definition) is 0. The molecule has 0 fully saturated rings. The molecule has 0 atom stereocenters. The lowest BCUT2D eigenvalue weighted by Gasteiger charge is -2.24. The van der Waals surface area contributed by atoms with Crippen molar-refractivity contribution in [3.63, 3.8) is 0 Å². The van der Waals surface area contributed by atoms with E-state index in [0.29, 0.717) is 5.69 Å². The topological polar surface area (TPSA) is 12.9 Å². The SMILES string of the molecule is CC(C)C(c1cccc(C(F)(F)F)n1)C(C)C. The van der Waals surface area contributed by atoms with Crippen molar-refractivity contribution in [2.45, 2.75) is 39.8 Å². The standard InChI is InChI=1S/C13H18F3N/c1-8(2)12(9(3)4)10-6-5-7-11(17-10)13(14,15)16/h5-9,12H,1-4H3. The van der Waals surface area contributed by atoms with Crippen molar-refractivity contribution in [3.05, 3.63) is 29.6 Å². The van der Waals surface area contributed by atoms with Gasteiger partial charge in [-0.2, -0.15) is 13.2 Å². The molecule has 0 aliphatic carbocycles. The minimum atomic E-state index is -4.37. The molecule has 0 saturated heterocycles. The van der Waals surface area contributed by atoms with E-state index < -0.39 is 11.9 Å². The fourth-order valence-corrected chi connectivity index (χ4v) is 2.25. The zero-order valence-corrected chi connectivity index (χ0v) is 10.5. The third-order valence-electron chi connectivity index (χ3n) is 2.84. The van der Waals surface area contributed by atoms with Crippen molar-refractivity contribution in [2.24, 2.45) is 11.8 Å². The molecule has 0 bridgehead atoms. The van der Waals surface area contributed by atoms with Gasteiger partial charge >= 0.3 is 6.18 Å². The van der Waals surface area contributed by atoms with Gasteiger partial charge < -0.3 is 0 Å². The first-order chi connectivity index (χ1) is 7.73. The van der Waals surface area contributed by atoms with Crippen LogP contribution in [0.15, 0.2) is 18.2 Å². The summed E-state index contributed by atoms with van der Waals surface area (Å²) in [5.41, 5.74) is -0.272. The Labute approximate surface area is 100 Å². The number of halogens is 3. The monoisotopic (exact) mass is 245 g/mol. The van der Waals surface area contributed by atoms with Gasteiger partial charge in [0.15, 0.2) is 0 Å². The van der Waals surface area contributed by atoms with Crippen LogP contribution in [-0.4, -0.2) is 4.98 Å². The van der Waals surface area contributed by atoms with Crippen LogP contribution in [0.2, 0.25) is 0 Å². The average Bonchev–Trinajstić information content (AvgIpc) is 2.15. The molecule has 0 aliphatic rings. The predicted octanol–water partition coefficient (Wildman–Crippen LogP) is 4.50. The van der Waals surface area contributed by atoms with Gasteiger partial charge in [0.2, 0.25) is 0 Å². The maximum atomic E-state index is 12.6. The van der Waals surface area contributed by atoms with E-state index in [0.717, 1.165) is 6.07 Å². The highest BCUT2D eigenvalue weighted by molar-refractivity contribution is 5.17. The Balaban J connectivity index is 3.14. The van der Waals surface area contributed by atoms with Crippen LogP contribution in [0, 0.1) is 11.8 Å². The number of alkyl halides is 3. The quantitative estimate of drug-likeness (QED) is 0.764. The summed E-state index contributed by atoms with van der Waals surface area (Å²) in [6.45, 7) is 8.03. The van der Waals surface area contributed by atoms with Gasteiger partial charge in [0.05, 0.1) is 0 Å². The van der Waals surface area contributed by atoms with E-state index in [1.54, 1.807) is 6.07 Å². The summed E-state index contributed by atoms with van der Waals surface area (Å²) in [6.07, 6.45) is -4.37. The second-order valence-electron chi connectivity index (χ2n) is 4.96. The van der Waals surface area contributed by atoms with Crippen molar-refractivity contribution in [3.8, 4) is 0 Å². The molecule has 0 N–H and O–H groups in total. The Morgan fingerprint density at radius 1 is 1.00 bits per heavy atom. The summed E-state index contributed by atoms with van der Waals surface area (Å²) >= 11 is 0. The van der Waals surface area contributed by atoms with Gasteiger partial charge in [-0.05, 0) is 24.0 Å². The Hall–Kier alpha value is -1.06. The van der Waals surface area contributed by atoms with Crippen LogP contribution in [-0.2, 0) is 6.18 Å². The van der Waals surface area contributed by atoms with Gasteiger partial charge in [0.1, 0.15) is 5.69 Å². The molecule has 0 aliphatic heterocycles. The summed E-state index contributed by atoms with van der Waals surface area (Å²) in [7, 11) is 0. The van der Waals surface area contributed by atoms with Gasteiger partial charge in [-0.1, -0.05) is 33.8 Å². The second-order valence-corrected chi connectivity index (χ2v) is 4.96. The Morgan fingerprint density at radius 3 is 1.94 bits per heavy atom. The predicted molar refractivity (Wildman–Crippen MR) is 61.7 cm³/mol. The van der Waals surface area contributed by atoms with E-state index >= 15 is 0 Å². The van der Waals surface area contributed by atoms with Crippen LogP contribution in [0.5, 0.6) is 0 Å². The lowest BCUT2D eigenvalue weighted by Crippen LogP contribution is -2.17. The van der Waals surface area contributed by atoms with Crippen LogP contribution < -0.4 is 0 Å². The van der Waals surface area contributed by atoms with E-state index in [1.165, 1.54) is 6.07 Å². The molecule has 1 heterocycles. The van der Waals surface area contributed by atoms with Gasteiger partial charge in [-0.25, -0.2) is 4.98 Å². The van der Waals surface area contributed by atoms with E-state index in [-0.39, 0.29) is 17.8 Å². The normalized spacial score (nSPS) is 12.8. The smallest absolute Gasteiger partial charge is 0.248 e. The average molecular weight is 245 g/mol. The van der Waals surface area contributed by atoms with E-state index in [2.05, 4.69) is 4.98 Å². The van der Waals surface area contributed by atoms with Crippen LogP contribution in [0.4, 0.5) is 13.2 Å². The highest BCUT2D eigenvalue weighted by Crippen LogP contribution is 2.33. The van der Waals surface area contributed by atoms with Crippen molar-refractivity contribution >= 4 is 0 Å². The number of aromatic nitrogens is 1. The molecule has 4 heteroatoms. The maximum absolute atomic E-state index is 12.6. The molecule has 1 nitrogen and oxygen atoms in total. The summed E-state index contributed by atoms with van der Waals surface area (Å²) in [5.74, 6) is 0.592. The lowest BCUT2D eigenvalue weighted by atomic mass is 9.82. The Morgan fingerprint density at radius 2 is 1.53 bits per heavy atom. The molecular formula is C13H18F3N. The van der Waals surface area contributed by atoms with Crippen LogP contribution >= 0.6 is 0 Å². The van der Waals surface area contributed by atoms with Crippen molar-refractivity contribution in [1.82, 2.24) is 4.98 Å². The molecule has 0 spiro atoms. The molecule has 0 radical (unpaired) electrons. The molecule has 1 aromatic heterocycles. The lowest BCUT2D eigenvalue weighted by molar-refractivity contribution is -0.141. The third-order valence-corrected chi connectivity index (χ3v) is 2.84. The highest BCUT2D eigenvalue weighted by Gasteiger charge is 2.33. The van der Waals surface area contributed by atoms with E-state index in [1.807, 2.05) is 27.7 Å². The van der Waals surface area contributed by atoms with Crippen LogP contribution in [0.3, 0.4) is 0 Å². The van der Waals surface area contributed by atoms with Gasteiger partial charge in [0.25, 0.3) is 0 Å². The van der Waals surface area contributed by atoms with Crippen molar-refractivity contribution in [2.75, 3.05) is 0 Å². The molecule has 17 heavy (non-hydrogen) atoms. The van der Waals surface area contributed by atoms with Crippen molar-refractivity contribution in [1.29, 1.82) is 0 Å². The first-order valence-electron chi connectivity index (χ1n) is 5.77. The third kappa shape index (κ3) is 3.45. The Bertz CT molecular complexity index is 361. The zero-order valence-electron chi connectivity index (χ0n) is 10.5. The zero-order chi connectivity index (χ0) is 13.2. The summed E-state index contributed by atoms with van der Waals surface area (Å²) in [4.78, 5) is 3.76. The van der Waals surface area contributed by atoms with Crippen LogP contribution in [0.25, 0.3) is 0 Å². The molecule has 1 aromatic rings. The molecule has 96 valence electrons. The summed E-state index contributed by atoms with van der Waals surface area (Å²) in [6, 6.07) is 4.13.